The average Bonchev–Trinajstić information content (AvgIpc) is 2.29. The first-order chi connectivity index (χ1) is 9.51. The Morgan fingerprint density at radius 1 is 1.24 bits per heavy atom. The molecule has 21 heavy (non-hydrogen) atoms. The maximum Gasteiger partial charge on any atom is 0.408 e. The molecular weight excluding hydrogens is 321 g/mol. The number of carbonyl (C=O) groups is 2. The highest BCUT2D eigenvalue weighted by atomic mass is 35.5. The first-order valence-corrected chi connectivity index (χ1v) is 6.67. The largest absolute Gasteiger partial charge is 0.505 e. The lowest BCUT2D eigenvalue weighted by atomic mass is 10.1. The summed E-state index contributed by atoms with van der Waals surface area (Å²) in [6.07, 6.45) is -0.893. The lowest BCUT2D eigenvalue weighted by molar-refractivity contribution is -0.139. The van der Waals surface area contributed by atoms with Gasteiger partial charge in [-0.1, -0.05) is 23.2 Å². The van der Waals surface area contributed by atoms with Crippen LogP contribution in [0.25, 0.3) is 0 Å². The molecule has 1 aromatic carbocycles. The molecule has 0 aromatic heterocycles. The third-order valence-corrected chi connectivity index (χ3v) is 2.86. The van der Waals surface area contributed by atoms with Crippen LogP contribution in [0.5, 0.6) is 5.75 Å². The number of phenols is 1. The van der Waals surface area contributed by atoms with Gasteiger partial charge in [-0.2, -0.15) is 0 Å². The van der Waals surface area contributed by atoms with Crippen molar-refractivity contribution in [1.82, 2.24) is 5.32 Å². The number of aromatic hydroxyl groups is 1. The van der Waals surface area contributed by atoms with Gasteiger partial charge in [-0.3, -0.25) is 0 Å². The van der Waals surface area contributed by atoms with Crippen molar-refractivity contribution in [2.45, 2.75) is 32.4 Å². The predicted octanol–water partition coefficient (Wildman–Crippen LogP) is 3.35. The summed E-state index contributed by atoms with van der Waals surface area (Å²) in [6.45, 7) is 4.95. The predicted molar refractivity (Wildman–Crippen MR) is 77.9 cm³/mol. The van der Waals surface area contributed by atoms with Crippen LogP contribution in [-0.2, 0) is 9.53 Å². The summed E-state index contributed by atoms with van der Waals surface area (Å²) in [7, 11) is 0. The molecule has 116 valence electrons. The van der Waals surface area contributed by atoms with Crippen LogP contribution in [0.3, 0.4) is 0 Å². The highest BCUT2D eigenvalue weighted by molar-refractivity contribution is 6.37. The molecule has 6 nitrogen and oxygen atoms in total. The van der Waals surface area contributed by atoms with Crippen molar-refractivity contribution in [3.8, 4) is 5.75 Å². The third-order valence-electron chi connectivity index (χ3n) is 2.28. The molecule has 0 aliphatic rings. The fraction of sp³-hybridized carbons (Fsp3) is 0.385. The highest BCUT2D eigenvalue weighted by Crippen LogP contribution is 2.34. The van der Waals surface area contributed by atoms with Crippen LogP contribution in [0.2, 0.25) is 10.0 Å². The summed E-state index contributed by atoms with van der Waals surface area (Å²) in [4.78, 5) is 23.0. The van der Waals surface area contributed by atoms with E-state index in [4.69, 9.17) is 27.9 Å². The molecule has 1 amide bonds. The number of benzene rings is 1. The molecule has 1 atom stereocenters. The smallest absolute Gasteiger partial charge is 0.408 e. The molecule has 1 aromatic rings. The SMILES string of the molecule is CC(C)(C)OC(=O)N[C@@H](C(=O)O)c1cc(Cl)c(O)c(Cl)c1. The van der Waals surface area contributed by atoms with E-state index in [1.807, 2.05) is 0 Å². The Balaban J connectivity index is 3.03. The third kappa shape index (κ3) is 4.99. The van der Waals surface area contributed by atoms with E-state index < -0.39 is 23.7 Å². The number of nitrogens with one attached hydrogen (secondary N) is 1. The minimum atomic E-state index is -1.41. The van der Waals surface area contributed by atoms with E-state index in [0.717, 1.165) is 0 Å². The minimum Gasteiger partial charge on any atom is -0.505 e. The number of hydrogen-bond donors (Lipinski definition) is 3. The van der Waals surface area contributed by atoms with Gasteiger partial charge in [0.2, 0.25) is 0 Å². The molecule has 1 rings (SSSR count). The average molecular weight is 336 g/mol. The second-order valence-corrected chi connectivity index (χ2v) is 6.07. The summed E-state index contributed by atoms with van der Waals surface area (Å²) in [5.74, 6) is -1.68. The van der Waals surface area contributed by atoms with Gasteiger partial charge in [0, 0.05) is 0 Å². The van der Waals surface area contributed by atoms with Crippen molar-refractivity contribution >= 4 is 35.3 Å². The number of halogens is 2. The summed E-state index contributed by atoms with van der Waals surface area (Å²) in [6, 6.07) is 1.01. The molecule has 0 aliphatic carbocycles. The lowest BCUT2D eigenvalue weighted by Crippen LogP contribution is -2.38. The second-order valence-electron chi connectivity index (χ2n) is 5.25. The molecule has 0 spiro atoms. The maximum atomic E-state index is 11.7. The zero-order valence-corrected chi connectivity index (χ0v) is 13.1. The molecule has 0 unspecified atom stereocenters. The van der Waals surface area contributed by atoms with E-state index in [-0.39, 0.29) is 21.4 Å². The Bertz CT molecular complexity index is 545. The monoisotopic (exact) mass is 335 g/mol. The Morgan fingerprint density at radius 3 is 2.10 bits per heavy atom. The van der Waals surface area contributed by atoms with Crippen molar-refractivity contribution in [2.24, 2.45) is 0 Å². The Kier molecular flexibility index (Phi) is 5.31. The zero-order chi connectivity index (χ0) is 16.4. The van der Waals surface area contributed by atoms with E-state index in [1.165, 1.54) is 12.1 Å². The van der Waals surface area contributed by atoms with E-state index in [1.54, 1.807) is 20.8 Å². The number of phenolic OH excluding ortho intramolecular Hbond substituents is 1. The van der Waals surface area contributed by atoms with Crippen LogP contribution >= 0.6 is 23.2 Å². The molecular formula is C13H15Cl2NO5. The summed E-state index contributed by atoms with van der Waals surface area (Å²) in [5.41, 5.74) is -0.654. The minimum absolute atomic E-state index is 0.112. The molecule has 0 fully saturated rings. The van der Waals surface area contributed by atoms with E-state index >= 15 is 0 Å². The van der Waals surface area contributed by atoms with Gasteiger partial charge in [-0.05, 0) is 38.5 Å². The number of alkyl carbamates (subject to hydrolysis) is 1. The fourth-order valence-corrected chi connectivity index (χ4v) is 1.97. The van der Waals surface area contributed by atoms with Gasteiger partial charge in [0.25, 0.3) is 0 Å². The molecule has 8 heteroatoms. The van der Waals surface area contributed by atoms with Crippen LogP contribution < -0.4 is 5.32 Å². The maximum absolute atomic E-state index is 11.7. The standard InChI is InChI=1S/C13H15Cl2NO5/c1-13(2,3)21-12(20)16-9(11(18)19)6-4-7(14)10(17)8(15)5-6/h4-5,9,17H,1-3H3,(H,16,20)(H,18,19)/t9-/m1/s1. The topological polar surface area (TPSA) is 95.9 Å². The first kappa shape index (κ1) is 17.4. The summed E-state index contributed by atoms with van der Waals surface area (Å²) >= 11 is 11.5. The van der Waals surface area contributed by atoms with Gasteiger partial charge in [-0.15, -0.1) is 0 Å². The number of carbonyl (C=O) groups excluding carboxylic acids is 1. The second kappa shape index (κ2) is 6.41. The van der Waals surface area contributed by atoms with E-state index in [9.17, 15) is 19.8 Å². The van der Waals surface area contributed by atoms with Crippen LogP contribution in [0.4, 0.5) is 4.79 Å². The van der Waals surface area contributed by atoms with Gasteiger partial charge < -0.3 is 20.3 Å². The molecule has 0 heterocycles. The van der Waals surface area contributed by atoms with Crippen molar-refractivity contribution in [3.63, 3.8) is 0 Å². The Labute approximate surface area is 131 Å². The Hall–Kier alpha value is -1.66. The zero-order valence-electron chi connectivity index (χ0n) is 11.6. The molecule has 3 N–H and O–H groups in total. The van der Waals surface area contributed by atoms with Crippen molar-refractivity contribution in [2.75, 3.05) is 0 Å². The van der Waals surface area contributed by atoms with Gasteiger partial charge in [0.05, 0.1) is 10.0 Å². The Morgan fingerprint density at radius 2 is 1.71 bits per heavy atom. The van der Waals surface area contributed by atoms with Gasteiger partial charge in [0.15, 0.2) is 11.8 Å². The quantitative estimate of drug-likeness (QED) is 0.787. The number of hydrogen-bond acceptors (Lipinski definition) is 4. The van der Waals surface area contributed by atoms with E-state index in [0.29, 0.717) is 0 Å². The summed E-state index contributed by atoms with van der Waals surface area (Å²) < 4.78 is 5.00. The van der Waals surface area contributed by atoms with E-state index in [2.05, 4.69) is 5.32 Å². The molecule has 0 aliphatic heterocycles. The van der Waals surface area contributed by atoms with Crippen LogP contribution in [0, 0.1) is 0 Å². The van der Waals surface area contributed by atoms with Gasteiger partial charge in [-0.25, -0.2) is 9.59 Å². The highest BCUT2D eigenvalue weighted by Gasteiger charge is 2.26. The van der Waals surface area contributed by atoms with Gasteiger partial charge >= 0.3 is 12.1 Å². The van der Waals surface area contributed by atoms with Crippen molar-refractivity contribution in [3.05, 3.63) is 27.7 Å². The number of amides is 1. The normalized spacial score (nSPS) is 12.6. The fourth-order valence-electron chi connectivity index (χ4n) is 1.46. The first-order valence-electron chi connectivity index (χ1n) is 5.91. The van der Waals surface area contributed by atoms with Crippen LogP contribution in [-0.4, -0.2) is 27.9 Å². The van der Waals surface area contributed by atoms with Crippen molar-refractivity contribution in [1.29, 1.82) is 0 Å². The molecule has 0 bridgehead atoms. The molecule has 0 saturated carbocycles. The van der Waals surface area contributed by atoms with Crippen LogP contribution in [0.15, 0.2) is 12.1 Å². The number of rotatable bonds is 3. The molecule has 0 saturated heterocycles. The molecule has 0 radical (unpaired) electrons. The number of aliphatic carboxylic acids is 1. The number of carboxylic acids is 1. The van der Waals surface area contributed by atoms with Crippen molar-refractivity contribution < 1.29 is 24.5 Å². The van der Waals surface area contributed by atoms with Crippen LogP contribution in [0.1, 0.15) is 32.4 Å². The van der Waals surface area contributed by atoms with Gasteiger partial charge in [0.1, 0.15) is 5.60 Å². The number of ether oxygens (including phenoxy) is 1. The summed E-state index contributed by atoms with van der Waals surface area (Å²) in [5, 5.41) is 20.6. The lowest BCUT2D eigenvalue weighted by Gasteiger charge is -2.22. The number of carboxylic acid groups (broad SMARTS) is 1.